The summed E-state index contributed by atoms with van der Waals surface area (Å²) in [5.74, 6) is -0.542. The standard InChI is InChI=1S/C18H10FN3O4S/c19-11-4-5-13-16(9-11)27-18(20-13)21-17(23)15-7-6-14(26-15)10-2-1-3-12(8-10)22(24)25/h1-9H,(H,20,21,23). The Morgan fingerprint density at radius 1 is 1.19 bits per heavy atom. The van der Waals surface area contributed by atoms with E-state index in [0.717, 1.165) is 11.3 Å². The van der Waals surface area contributed by atoms with Crippen molar-refractivity contribution in [1.82, 2.24) is 4.98 Å². The first-order valence-corrected chi connectivity index (χ1v) is 8.53. The summed E-state index contributed by atoms with van der Waals surface area (Å²) < 4.78 is 19.4. The third-order valence-electron chi connectivity index (χ3n) is 3.74. The second-order valence-corrected chi connectivity index (χ2v) is 6.59. The average molecular weight is 383 g/mol. The number of non-ortho nitro benzene ring substituents is 1. The van der Waals surface area contributed by atoms with Crippen molar-refractivity contribution in [2.75, 3.05) is 5.32 Å². The molecule has 0 saturated carbocycles. The van der Waals surface area contributed by atoms with Crippen LogP contribution in [-0.4, -0.2) is 15.8 Å². The summed E-state index contributed by atoms with van der Waals surface area (Å²) >= 11 is 1.14. The fourth-order valence-electron chi connectivity index (χ4n) is 2.50. The van der Waals surface area contributed by atoms with Gasteiger partial charge in [0.25, 0.3) is 11.6 Å². The summed E-state index contributed by atoms with van der Waals surface area (Å²) in [5, 5.41) is 13.8. The number of furan rings is 1. The molecule has 134 valence electrons. The SMILES string of the molecule is O=C(Nc1nc2ccc(F)cc2s1)c1ccc(-c2cccc([N+](=O)[O-])c2)o1. The van der Waals surface area contributed by atoms with Gasteiger partial charge in [-0.15, -0.1) is 0 Å². The summed E-state index contributed by atoms with van der Waals surface area (Å²) in [6.45, 7) is 0. The number of nitro groups is 1. The highest BCUT2D eigenvalue weighted by Crippen LogP contribution is 2.28. The molecule has 0 bridgehead atoms. The number of aromatic nitrogens is 1. The minimum atomic E-state index is -0.522. The monoisotopic (exact) mass is 383 g/mol. The van der Waals surface area contributed by atoms with Crippen LogP contribution in [-0.2, 0) is 0 Å². The normalized spacial score (nSPS) is 10.9. The molecule has 0 aliphatic heterocycles. The second-order valence-electron chi connectivity index (χ2n) is 5.56. The van der Waals surface area contributed by atoms with Crippen molar-refractivity contribution in [1.29, 1.82) is 0 Å². The molecule has 0 saturated heterocycles. The fourth-order valence-corrected chi connectivity index (χ4v) is 3.38. The Morgan fingerprint density at radius 3 is 2.85 bits per heavy atom. The number of fused-ring (bicyclic) bond motifs is 1. The van der Waals surface area contributed by atoms with Gasteiger partial charge in [0.05, 0.1) is 15.1 Å². The van der Waals surface area contributed by atoms with Gasteiger partial charge in [0.2, 0.25) is 0 Å². The van der Waals surface area contributed by atoms with Crippen molar-refractivity contribution in [2.45, 2.75) is 0 Å². The highest BCUT2D eigenvalue weighted by Gasteiger charge is 2.16. The van der Waals surface area contributed by atoms with Crippen LogP contribution in [0.15, 0.2) is 59.0 Å². The lowest BCUT2D eigenvalue weighted by atomic mass is 10.1. The van der Waals surface area contributed by atoms with Gasteiger partial charge < -0.3 is 4.42 Å². The highest BCUT2D eigenvalue weighted by molar-refractivity contribution is 7.22. The van der Waals surface area contributed by atoms with E-state index in [1.54, 1.807) is 12.1 Å². The van der Waals surface area contributed by atoms with Gasteiger partial charge in [-0.1, -0.05) is 23.5 Å². The Bertz CT molecular complexity index is 1180. The van der Waals surface area contributed by atoms with Crippen LogP contribution >= 0.6 is 11.3 Å². The number of rotatable bonds is 4. The van der Waals surface area contributed by atoms with Crippen LogP contribution in [0.4, 0.5) is 15.2 Å². The Kier molecular flexibility index (Phi) is 4.13. The number of nitrogens with zero attached hydrogens (tertiary/aromatic N) is 2. The van der Waals surface area contributed by atoms with Gasteiger partial charge in [0, 0.05) is 17.7 Å². The molecule has 1 amide bonds. The first kappa shape index (κ1) is 16.9. The fraction of sp³-hybridized carbons (Fsp3) is 0. The van der Waals surface area contributed by atoms with Crippen molar-refractivity contribution in [3.8, 4) is 11.3 Å². The number of carbonyl (C=O) groups excluding carboxylic acids is 1. The number of hydrogen-bond donors (Lipinski definition) is 1. The number of nitrogens with one attached hydrogen (secondary N) is 1. The maximum Gasteiger partial charge on any atom is 0.293 e. The minimum Gasteiger partial charge on any atom is -0.451 e. The number of thiazole rings is 1. The lowest BCUT2D eigenvalue weighted by Gasteiger charge is -1.99. The summed E-state index contributed by atoms with van der Waals surface area (Å²) in [6, 6.07) is 13.1. The summed E-state index contributed by atoms with van der Waals surface area (Å²) in [5.41, 5.74) is 0.990. The average Bonchev–Trinajstić information content (AvgIpc) is 3.28. The lowest BCUT2D eigenvalue weighted by Crippen LogP contribution is -2.10. The van der Waals surface area contributed by atoms with Crippen LogP contribution in [0.1, 0.15) is 10.6 Å². The molecule has 0 atom stereocenters. The second kappa shape index (κ2) is 6.61. The number of anilines is 1. The van der Waals surface area contributed by atoms with Gasteiger partial charge in [0.15, 0.2) is 10.9 Å². The molecule has 2 aromatic heterocycles. The molecule has 2 aromatic carbocycles. The lowest BCUT2D eigenvalue weighted by molar-refractivity contribution is -0.384. The van der Waals surface area contributed by atoms with Crippen molar-refractivity contribution in [3.05, 3.63) is 76.3 Å². The molecule has 1 N–H and O–H groups in total. The van der Waals surface area contributed by atoms with Crippen molar-refractivity contribution < 1.29 is 18.5 Å². The van der Waals surface area contributed by atoms with Crippen molar-refractivity contribution >= 4 is 38.3 Å². The minimum absolute atomic E-state index is 0.0296. The van der Waals surface area contributed by atoms with E-state index in [1.165, 1.54) is 42.5 Å². The van der Waals surface area contributed by atoms with E-state index < -0.39 is 10.8 Å². The molecule has 9 heteroatoms. The van der Waals surface area contributed by atoms with E-state index in [2.05, 4.69) is 10.3 Å². The first-order valence-electron chi connectivity index (χ1n) is 7.72. The smallest absolute Gasteiger partial charge is 0.293 e. The molecule has 27 heavy (non-hydrogen) atoms. The van der Waals surface area contributed by atoms with Crippen LogP contribution in [0.2, 0.25) is 0 Å². The van der Waals surface area contributed by atoms with Crippen LogP contribution in [0, 0.1) is 15.9 Å². The van der Waals surface area contributed by atoms with E-state index in [9.17, 15) is 19.3 Å². The van der Waals surface area contributed by atoms with Gasteiger partial charge in [0.1, 0.15) is 11.6 Å². The number of benzene rings is 2. The maximum absolute atomic E-state index is 13.3. The van der Waals surface area contributed by atoms with Crippen molar-refractivity contribution in [3.63, 3.8) is 0 Å². The van der Waals surface area contributed by atoms with Crippen LogP contribution in [0.5, 0.6) is 0 Å². The van der Waals surface area contributed by atoms with Gasteiger partial charge in [-0.3, -0.25) is 20.2 Å². The summed E-state index contributed by atoms with van der Waals surface area (Å²) in [6.07, 6.45) is 0. The first-order chi connectivity index (χ1) is 13.0. The van der Waals surface area contributed by atoms with E-state index in [1.807, 2.05) is 0 Å². The van der Waals surface area contributed by atoms with E-state index in [0.29, 0.717) is 26.7 Å². The summed E-state index contributed by atoms with van der Waals surface area (Å²) in [7, 11) is 0. The largest absolute Gasteiger partial charge is 0.451 e. The van der Waals surface area contributed by atoms with E-state index in [-0.39, 0.29) is 17.3 Å². The number of carbonyl (C=O) groups is 1. The predicted molar refractivity (Wildman–Crippen MR) is 98.3 cm³/mol. The Balaban J connectivity index is 1.56. The third kappa shape index (κ3) is 3.40. The molecule has 4 aromatic rings. The topological polar surface area (TPSA) is 98.3 Å². The predicted octanol–water partition coefficient (Wildman–Crippen LogP) is 4.86. The van der Waals surface area contributed by atoms with E-state index >= 15 is 0 Å². The van der Waals surface area contributed by atoms with E-state index in [4.69, 9.17) is 4.42 Å². The molecule has 4 rings (SSSR count). The van der Waals surface area contributed by atoms with Crippen molar-refractivity contribution in [2.24, 2.45) is 0 Å². The summed E-state index contributed by atoms with van der Waals surface area (Å²) in [4.78, 5) is 26.9. The molecule has 7 nitrogen and oxygen atoms in total. The molecular formula is C18H10FN3O4S. The molecule has 0 unspecified atom stereocenters. The Hall–Kier alpha value is -3.59. The zero-order chi connectivity index (χ0) is 19.0. The third-order valence-corrected chi connectivity index (χ3v) is 4.68. The molecule has 0 radical (unpaired) electrons. The van der Waals surface area contributed by atoms with Crippen LogP contribution in [0.25, 0.3) is 21.5 Å². The molecule has 2 heterocycles. The zero-order valence-corrected chi connectivity index (χ0v) is 14.3. The Labute approximate surface area is 155 Å². The Morgan fingerprint density at radius 2 is 2.04 bits per heavy atom. The molecule has 0 spiro atoms. The molecule has 0 fully saturated rings. The number of nitro benzene ring substituents is 1. The molecular weight excluding hydrogens is 373 g/mol. The zero-order valence-electron chi connectivity index (χ0n) is 13.5. The number of halogens is 1. The number of hydrogen-bond acceptors (Lipinski definition) is 6. The van der Waals surface area contributed by atoms with Gasteiger partial charge in [-0.2, -0.15) is 0 Å². The quantitative estimate of drug-likeness (QED) is 0.401. The van der Waals surface area contributed by atoms with Crippen LogP contribution in [0.3, 0.4) is 0 Å². The maximum atomic E-state index is 13.3. The van der Waals surface area contributed by atoms with Gasteiger partial charge >= 0.3 is 0 Å². The molecule has 0 aliphatic rings. The van der Waals surface area contributed by atoms with Gasteiger partial charge in [-0.05, 0) is 30.3 Å². The highest BCUT2D eigenvalue weighted by atomic mass is 32.1. The van der Waals surface area contributed by atoms with Gasteiger partial charge in [-0.25, -0.2) is 9.37 Å². The van der Waals surface area contributed by atoms with Crippen LogP contribution < -0.4 is 5.32 Å². The number of amides is 1. The molecule has 0 aliphatic carbocycles.